The summed E-state index contributed by atoms with van der Waals surface area (Å²) in [5.41, 5.74) is 1.64. The van der Waals surface area contributed by atoms with Crippen molar-refractivity contribution >= 4 is 11.6 Å². The molecular formula is C16H22N2O. The molecule has 1 N–H and O–H groups in total. The summed E-state index contributed by atoms with van der Waals surface area (Å²) in [4.78, 5) is 14.7. The van der Waals surface area contributed by atoms with E-state index < -0.39 is 0 Å². The van der Waals surface area contributed by atoms with Gasteiger partial charge in [-0.05, 0) is 25.0 Å². The van der Waals surface area contributed by atoms with Gasteiger partial charge >= 0.3 is 0 Å². The van der Waals surface area contributed by atoms with E-state index in [-0.39, 0.29) is 5.91 Å². The Bertz CT molecular complexity index is 450. The predicted octanol–water partition coefficient (Wildman–Crippen LogP) is 3.30. The molecule has 1 fully saturated rings. The van der Waals surface area contributed by atoms with Crippen LogP contribution in [-0.2, 0) is 0 Å². The first-order chi connectivity index (χ1) is 9.27. The number of amides is 1. The Morgan fingerprint density at radius 3 is 2.74 bits per heavy atom. The maximum atomic E-state index is 12.7. The molecular weight excluding hydrogens is 236 g/mol. The molecule has 3 heteroatoms. The van der Waals surface area contributed by atoms with Crippen LogP contribution in [0.5, 0.6) is 0 Å². The van der Waals surface area contributed by atoms with Crippen molar-refractivity contribution in [3.63, 3.8) is 0 Å². The zero-order valence-electron chi connectivity index (χ0n) is 11.6. The second-order valence-electron chi connectivity index (χ2n) is 4.98. The van der Waals surface area contributed by atoms with Crippen LogP contribution in [0, 0.1) is 0 Å². The summed E-state index contributed by atoms with van der Waals surface area (Å²) in [6, 6.07) is 8.05. The van der Waals surface area contributed by atoms with Gasteiger partial charge in [0.15, 0.2) is 0 Å². The molecule has 0 unspecified atom stereocenters. The SMILES string of the molecule is C=CCN(C(=O)c1ccccc1NC)C1CCCC1. The Balaban J connectivity index is 2.25. The van der Waals surface area contributed by atoms with Crippen LogP contribution in [0.15, 0.2) is 36.9 Å². The van der Waals surface area contributed by atoms with E-state index >= 15 is 0 Å². The Hall–Kier alpha value is -1.77. The Kier molecular flexibility index (Phi) is 4.61. The molecule has 102 valence electrons. The molecule has 0 radical (unpaired) electrons. The lowest BCUT2D eigenvalue weighted by molar-refractivity contribution is 0.0707. The third kappa shape index (κ3) is 2.98. The van der Waals surface area contributed by atoms with Gasteiger partial charge in [0.05, 0.1) is 5.56 Å². The number of carbonyl (C=O) groups is 1. The summed E-state index contributed by atoms with van der Waals surface area (Å²) in [6.07, 6.45) is 6.49. The molecule has 1 aliphatic carbocycles. The summed E-state index contributed by atoms with van der Waals surface area (Å²) in [6.45, 7) is 4.41. The molecule has 0 aromatic heterocycles. The topological polar surface area (TPSA) is 32.3 Å². The standard InChI is InChI=1S/C16H22N2O/c1-3-12-18(13-8-4-5-9-13)16(19)14-10-6-7-11-15(14)17-2/h3,6-7,10-11,13,17H,1,4-5,8-9,12H2,2H3. The molecule has 0 heterocycles. The van der Waals surface area contributed by atoms with Crippen LogP contribution in [-0.4, -0.2) is 30.4 Å². The molecule has 0 bridgehead atoms. The molecule has 2 rings (SSSR count). The summed E-state index contributed by atoms with van der Waals surface area (Å²) in [5.74, 6) is 0.108. The minimum absolute atomic E-state index is 0.108. The van der Waals surface area contributed by atoms with E-state index in [1.807, 2.05) is 42.3 Å². The average molecular weight is 258 g/mol. The molecule has 3 nitrogen and oxygen atoms in total. The number of anilines is 1. The third-order valence-electron chi connectivity index (χ3n) is 3.78. The first-order valence-electron chi connectivity index (χ1n) is 6.96. The monoisotopic (exact) mass is 258 g/mol. The number of nitrogens with zero attached hydrogens (tertiary/aromatic N) is 1. The maximum absolute atomic E-state index is 12.7. The van der Waals surface area contributed by atoms with Crippen LogP contribution >= 0.6 is 0 Å². The normalized spacial score (nSPS) is 15.2. The van der Waals surface area contributed by atoms with Crippen LogP contribution in [0.4, 0.5) is 5.69 Å². The van der Waals surface area contributed by atoms with E-state index in [0.29, 0.717) is 12.6 Å². The van der Waals surface area contributed by atoms with Gasteiger partial charge in [0.1, 0.15) is 0 Å². The Morgan fingerprint density at radius 1 is 1.42 bits per heavy atom. The van der Waals surface area contributed by atoms with E-state index in [9.17, 15) is 4.79 Å². The first kappa shape index (κ1) is 13.7. The van der Waals surface area contributed by atoms with Crippen LogP contribution in [0.25, 0.3) is 0 Å². The highest BCUT2D eigenvalue weighted by molar-refractivity contribution is 5.99. The van der Waals surface area contributed by atoms with Gasteiger partial charge in [-0.25, -0.2) is 0 Å². The van der Waals surface area contributed by atoms with E-state index in [1.165, 1.54) is 12.8 Å². The summed E-state index contributed by atoms with van der Waals surface area (Å²) >= 11 is 0. The number of para-hydroxylation sites is 1. The molecule has 0 aliphatic heterocycles. The molecule has 1 saturated carbocycles. The highest BCUT2D eigenvalue weighted by atomic mass is 16.2. The summed E-state index contributed by atoms with van der Waals surface area (Å²) < 4.78 is 0. The minimum Gasteiger partial charge on any atom is -0.387 e. The smallest absolute Gasteiger partial charge is 0.256 e. The Morgan fingerprint density at radius 2 is 2.11 bits per heavy atom. The molecule has 0 atom stereocenters. The number of benzene rings is 1. The van der Waals surface area contributed by atoms with E-state index in [0.717, 1.165) is 24.1 Å². The number of rotatable bonds is 5. The van der Waals surface area contributed by atoms with Gasteiger partial charge < -0.3 is 10.2 Å². The van der Waals surface area contributed by atoms with Crippen molar-refractivity contribution in [3.8, 4) is 0 Å². The van der Waals surface area contributed by atoms with E-state index in [4.69, 9.17) is 0 Å². The lowest BCUT2D eigenvalue weighted by Gasteiger charge is -2.28. The number of carbonyl (C=O) groups excluding carboxylic acids is 1. The molecule has 0 saturated heterocycles. The van der Waals surface area contributed by atoms with Crippen molar-refractivity contribution in [1.82, 2.24) is 4.90 Å². The van der Waals surface area contributed by atoms with Crippen LogP contribution in [0.2, 0.25) is 0 Å². The third-order valence-corrected chi connectivity index (χ3v) is 3.78. The maximum Gasteiger partial charge on any atom is 0.256 e. The van der Waals surface area contributed by atoms with Gasteiger partial charge in [0.25, 0.3) is 5.91 Å². The van der Waals surface area contributed by atoms with Gasteiger partial charge in [-0.1, -0.05) is 31.1 Å². The number of hydrogen-bond donors (Lipinski definition) is 1. The summed E-state index contributed by atoms with van der Waals surface area (Å²) in [5, 5.41) is 3.09. The summed E-state index contributed by atoms with van der Waals surface area (Å²) in [7, 11) is 1.85. The Labute approximate surface area is 115 Å². The van der Waals surface area contributed by atoms with Crippen LogP contribution < -0.4 is 5.32 Å². The molecule has 0 spiro atoms. The van der Waals surface area contributed by atoms with Gasteiger partial charge in [-0.2, -0.15) is 0 Å². The minimum atomic E-state index is 0.108. The average Bonchev–Trinajstić information content (AvgIpc) is 2.98. The second-order valence-corrected chi connectivity index (χ2v) is 4.98. The van der Waals surface area contributed by atoms with Crippen molar-refractivity contribution in [2.75, 3.05) is 18.9 Å². The van der Waals surface area contributed by atoms with Crippen molar-refractivity contribution in [2.45, 2.75) is 31.7 Å². The van der Waals surface area contributed by atoms with Crippen LogP contribution in [0.3, 0.4) is 0 Å². The zero-order chi connectivity index (χ0) is 13.7. The van der Waals surface area contributed by atoms with E-state index in [1.54, 1.807) is 0 Å². The number of nitrogens with one attached hydrogen (secondary N) is 1. The first-order valence-corrected chi connectivity index (χ1v) is 6.96. The molecule has 1 amide bonds. The fraction of sp³-hybridized carbons (Fsp3) is 0.438. The lowest BCUT2D eigenvalue weighted by Crippen LogP contribution is -2.39. The largest absolute Gasteiger partial charge is 0.387 e. The fourth-order valence-corrected chi connectivity index (χ4v) is 2.80. The predicted molar refractivity (Wildman–Crippen MR) is 79.5 cm³/mol. The lowest BCUT2D eigenvalue weighted by atomic mass is 10.1. The van der Waals surface area contributed by atoms with Gasteiger partial charge in [0.2, 0.25) is 0 Å². The van der Waals surface area contributed by atoms with Gasteiger partial charge in [-0.3, -0.25) is 4.79 Å². The fourth-order valence-electron chi connectivity index (χ4n) is 2.80. The highest BCUT2D eigenvalue weighted by Crippen LogP contribution is 2.26. The molecule has 19 heavy (non-hydrogen) atoms. The van der Waals surface area contributed by atoms with Gasteiger partial charge in [0, 0.05) is 25.3 Å². The molecule has 1 aromatic rings. The quantitative estimate of drug-likeness (QED) is 0.822. The molecule has 1 aromatic carbocycles. The van der Waals surface area contributed by atoms with Crippen LogP contribution in [0.1, 0.15) is 36.0 Å². The van der Waals surface area contributed by atoms with Crippen molar-refractivity contribution in [3.05, 3.63) is 42.5 Å². The highest BCUT2D eigenvalue weighted by Gasteiger charge is 2.27. The van der Waals surface area contributed by atoms with Gasteiger partial charge in [-0.15, -0.1) is 6.58 Å². The number of hydrogen-bond acceptors (Lipinski definition) is 2. The zero-order valence-corrected chi connectivity index (χ0v) is 11.6. The van der Waals surface area contributed by atoms with Crippen molar-refractivity contribution in [2.24, 2.45) is 0 Å². The second kappa shape index (κ2) is 6.41. The van der Waals surface area contributed by atoms with Crippen molar-refractivity contribution in [1.29, 1.82) is 0 Å². The van der Waals surface area contributed by atoms with E-state index in [2.05, 4.69) is 11.9 Å². The van der Waals surface area contributed by atoms with Crippen molar-refractivity contribution < 1.29 is 4.79 Å². The molecule has 1 aliphatic rings.